The van der Waals surface area contributed by atoms with Crippen LogP contribution >= 0.6 is 11.6 Å². The topological polar surface area (TPSA) is 49.6 Å². The first-order valence-corrected chi connectivity index (χ1v) is 6.93. The van der Waals surface area contributed by atoms with Crippen molar-refractivity contribution in [1.82, 2.24) is 14.8 Å². The molecule has 0 radical (unpaired) electrons. The van der Waals surface area contributed by atoms with Crippen molar-refractivity contribution in [3.05, 3.63) is 41.4 Å². The van der Waals surface area contributed by atoms with Crippen molar-refractivity contribution in [1.29, 1.82) is 0 Å². The molecule has 0 bridgehead atoms. The molecule has 0 fully saturated rings. The quantitative estimate of drug-likeness (QED) is 0.851. The normalized spacial score (nSPS) is 10.9. The third-order valence-electron chi connectivity index (χ3n) is 2.99. The predicted molar refractivity (Wildman–Crippen MR) is 82.0 cm³/mol. The summed E-state index contributed by atoms with van der Waals surface area (Å²) >= 11 is 5.86. The summed E-state index contributed by atoms with van der Waals surface area (Å²) in [5.41, 5.74) is 0.921. The lowest BCUT2D eigenvalue weighted by atomic mass is 10.2. The summed E-state index contributed by atoms with van der Waals surface area (Å²) < 4.78 is 5.70. The highest BCUT2D eigenvalue weighted by Crippen LogP contribution is 2.22. The number of benzene rings is 1. The summed E-state index contributed by atoms with van der Waals surface area (Å²) in [5.74, 6) is 1.31. The van der Waals surface area contributed by atoms with Crippen LogP contribution in [0, 0.1) is 0 Å². The largest absolute Gasteiger partial charge is 0.439 e. The second-order valence-electron chi connectivity index (χ2n) is 5.09. The first kappa shape index (κ1) is 15.5. The number of nitrogens with zero attached hydrogens (tertiary/aromatic N) is 3. The summed E-state index contributed by atoms with van der Waals surface area (Å²) in [4.78, 5) is 19.3. The minimum atomic E-state index is 0.0435. The second kappa shape index (κ2) is 6.74. The maximum Gasteiger partial charge on any atom is 0.236 e. The minimum Gasteiger partial charge on any atom is -0.439 e. The van der Waals surface area contributed by atoms with Gasteiger partial charge in [0.25, 0.3) is 0 Å². The van der Waals surface area contributed by atoms with Crippen LogP contribution in [0.3, 0.4) is 0 Å². The molecule has 0 aliphatic heterocycles. The fraction of sp³-hybridized carbons (Fsp3) is 0.333. The van der Waals surface area contributed by atoms with Gasteiger partial charge in [-0.2, -0.15) is 0 Å². The molecule has 0 spiro atoms. The number of carbonyl (C=O) groups is 1. The molecule has 0 saturated carbocycles. The Kier molecular flexibility index (Phi) is 4.98. The van der Waals surface area contributed by atoms with E-state index >= 15 is 0 Å². The molecule has 1 heterocycles. The van der Waals surface area contributed by atoms with Gasteiger partial charge in [-0.25, -0.2) is 4.98 Å². The molecule has 0 aliphatic carbocycles. The van der Waals surface area contributed by atoms with Gasteiger partial charge in [0.05, 0.1) is 19.3 Å². The van der Waals surface area contributed by atoms with Gasteiger partial charge in [-0.3, -0.25) is 9.69 Å². The van der Waals surface area contributed by atoms with Crippen molar-refractivity contribution in [2.75, 3.05) is 27.7 Å². The van der Waals surface area contributed by atoms with Gasteiger partial charge in [0.1, 0.15) is 0 Å². The van der Waals surface area contributed by atoms with Gasteiger partial charge in [-0.1, -0.05) is 11.6 Å². The van der Waals surface area contributed by atoms with Crippen LogP contribution in [0.2, 0.25) is 5.02 Å². The first-order chi connectivity index (χ1) is 9.95. The number of hydrogen-bond acceptors (Lipinski definition) is 4. The lowest BCUT2D eigenvalue weighted by Gasteiger charge is -2.17. The smallest absolute Gasteiger partial charge is 0.236 e. The number of aromatic nitrogens is 1. The van der Waals surface area contributed by atoms with Gasteiger partial charge in [0.2, 0.25) is 11.8 Å². The van der Waals surface area contributed by atoms with Crippen LogP contribution in [-0.2, 0) is 11.3 Å². The Balaban J connectivity index is 2.00. The zero-order valence-corrected chi connectivity index (χ0v) is 13.1. The van der Waals surface area contributed by atoms with Crippen molar-refractivity contribution < 1.29 is 9.21 Å². The zero-order chi connectivity index (χ0) is 15.4. The monoisotopic (exact) mass is 307 g/mol. The SMILES string of the molecule is CN(CC(=O)N(C)C)Cc1ncc(-c2ccc(Cl)cc2)o1. The Morgan fingerprint density at radius 3 is 2.52 bits per heavy atom. The molecule has 0 atom stereocenters. The van der Waals surface area contributed by atoms with E-state index in [2.05, 4.69) is 4.98 Å². The van der Waals surface area contributed by atoms with E-state index in [4.69, 9.17) is 16.0 Å². The fourth-order valence-corrected chi connectivity index (χ4v) is 1.92. The number of rotatable bonds is 5. The Morgan fingerprint density at radius 1 is 1.24 bits per heavy atom. The average molecular weight is 308 g/mol. The van der Waals surface area contributed by atoms with Crippen LogP contribution in [0.15, 0.2) is 34.9 Å². The lowest BCUT2D eigenvalue weighted by Crippen LogP contribution is -2.34. The van der Waals surface area contributed by atoms with E-state index in [0.717, 1.165) is 5.56 Å². The van der Waals surface area contributed by atoms with E-state index in [-0.39, 0.29) is 5.91 Å². The zero-order valence-electron chi connectivity index (χ0n) is 12.3. The highest BCUT2D eigenvalue weighted by Gasteiger charge is 2.12. The van der Waals surface area contributed by atoms with E-state index in [1.165, 1.54) is 0 Å². The maximum atomic E-state index is 11.6. The Labute approximate surface area is 129 Å². The Bertz CT molecular complexity index is 608. The molecule has 0 saturated heterocycles. The molecule has 0 N–H and O–H groups in total. The standard InChI is InChI=1S/C15H18ClN3O2/c1-18(2)15(20)10-19(3)9-14-17-8-13(21-14)11-4-6-12(16)7-5-11/h4-8H,9-10H2,1-3H3. The summed E-state index contributed by atoms with van der Waals surface area (Å²) in [5, 5.41) is 0.681. The van der Waals surface area contributed by atoms with Gasteiger partial charge < -0.3 is 9.32 Å². The summed E-state index contributed by atoms with van der Waals surface area (Å²) in [7, 11) is 5.33. The molecule has 1 aromatic heterocycles. The molecule has 21 heavy (non-hydrogen) atoms. The van der Waals surface area contributed by atoms with Crippen LogP contribution in [0.4, 0.5) is 0 Å². The number of likely N-dealkylation sites (N-methyl/N-ethyl adjacent to an activating group) is 2. The number of oxazole rings is 1. The van der Waals surface area contributed by atoms with E-state index in [1.54, 1.807) is 37.3 Å². The molecule has 5 nitrogen and oxygen atoms in total. The number of carbonyl (C=O) groups excluding carboxylic acids is 1. The van der Waals surface area contributed by atoms with Gasteiger partial charge in [-0.15, -0.1) is 0 Å². The van der Waals surface area contributed by atoms with Gasteiger partial charge >= 0.3 is 0 Å². The van der Waals surface area contributed by atoms with Crippen molar-refractivity contribution in [3.8, 4) is 11.3 Å². The third-order valence-corrected chi connectivity index (χ3v) is 3.24. The van der Waals surface area contributed by atoms with Gasteiger partial charge in [-0.05, 0) is 31.3 Å². The molecule has 2 aromatic rings. The molecule has 2 rings (SSSR count). The maximum absolute atomic E-state index is 11.6. The van der Waals surface area contributed by atoms with E-state index in [1.807, 2.05) is 24.1 Å². The molecule has 0 unspecified atom stereocenters. The number of hydrogen-bond donors (Lipinski definition) is 0. The van der Waals surface area contributed by atoms with Crippen LogP contribution in [0.1, 0.15) is 5.89 Å². The molecule has 0 aliphatic rings. The molecule has 1 aromatic carbocycles. The van der Waals surface area contributed by atoms with Crippen LogP contribution in [0.25, 0.3) is 11.3 Å². The van der Waals surface area contributed by atoms with Gasteiger partial charge in [0, 0.05) is 24.7 Å². The Hall–Kier alpha value is -1.85. The van der Waals surface area contributed by atoms with Crippen LogP contribution in [0.5, 0.6) is 0 Å². The predicted octanol–water partition coefficient (Wildman–Crippen LogP) is 2.51. The van der Waals surface area contributed by atoms with Crippen LogP contribution < -0.4 is 0 Å². The van der Waals surface area contributed by atoms with Gasteiger partial charge in [0.15, 0.2) is 5.76 Å². The van der Waals surface area contributed by atoms with Crippen LogP contribution in [-0.4, -0.2) is 48.4 Å². The summed E-state index contributed by atoms with van der Waals surface area (Å²) in [6.07, 6.45) is 1.68. The first-order valence-electron chi connectivity index (χ1n) is 6.55. The second-order valence-corrected chi connectivity index (χ2v) is 5.52. The van der Waals surface area contributed by atoms with E-state index < -0.39 is 0 Å². The molecule has 112 valence electrons. The summed E-state index contributed by atoms with van der Waals surface area (Å²) in [6.45, 7) is 0.804. The summed E-state index contributed by atoms with van der Waals surface area (Å²) in [6, 6.07) is 7.37. The lowest BCUT2D eigenvalue weighted by molar-refractivity contribution is -0.129. The van der Waals surface area contributed by atoms with Crippen molar-refractivity contribution in [3.63, 3.8) is 0 Å². The highest BCUT2D eigenvalue weighted by atomic mass is 35.5. The molecular formula is C15H18ClN3O2. The molecule has 1 amide bonds. The number of halogens is 1. The fourth-order valence-electron chi connectivity index (χ4n) is 1.79. The average Bonchev–Trinajstić information content (AvgIpc) is 2.87. The third kappa shape index (κ3) is 4.31. The molecule has 6 heteroatoms. The van der Waals surface area contributed by atoms with E-state index in [9.17, 15) is 4.79 Å². The Morgan fingerprint density at radius 2 is 1.90 bits per heavy atom. The highest BCUT2D eigenvalue weighted by molar-refractivity contribution is 6.30. The van der Waals surface area contributed by atoms with E-state index in [0.29, 0.717) is 29.8 Å². The van der Waals surface area contributed by atoms with Crippen molar-refractivity contribution in [2.45, 2.75) is 6.54 Å². The number of amides is 1. The minimum absolute atomic E-state index is 0.0435. The molecular weight excluding hydrogens is 290 g/mol. The van der Waals surface area contributed by atoms with Crippen molar-refractivity contribution in [2.24, 2.45) is 0 Å². The van der Waals surface area contributed by atoms with Crippen molar-refractivity contribution >= 4 is 17.5 Å².